The molecule has 3 aromatic rings. The van der Waals surface area contributed by atoms with Crippen LogP contribution in [0.15, 0.2) is 36.8 Å². The summed E-state index contributed by atoms with van der Waals surface area (Å²) in [6, 6.07) is 5.48. The maximum Gasteiger partial charge on any atom is 0.277 e. The van der Waals surface area contributed by atoms with E-state index in [9.17, 15) is 4.79 Å². The predicted octanol–water partition coefficient (Wildman–Crippen LogP) is 3.85. The van der Waals surface area contributed by atoms with Crippen LogP contribution in [-0.4, -0.2) is 20.9 Å². The molecule has 0 aliphatic heterocycles. The summed E-state index contributed by atoms with van der Waals surface area (Å²) < 4.78 is 0. The van der Waals surface area contributed by atoms with Gasteiger partial charge in [0.25, 0.3) is 5.91 Å². The molecule has 0 aliphatic rings. The quantitative estimate of drug-likeness (QED) is 0.754. The maximum absolute atomic E-state index is 12.6. The van der Waals surface area contributed by atoms with Crippen LogP contribution in [0.1, 0.15) is 26.8 Å². The summed E-state index contributed by atoms with van der Waals surface area (Å²) in [4.78, 5) is 25.2. The first-order chi connectivity index (χ1) is 11.5. The third-order valence-electron chi connectivity index (χ3n) is 3.39. The summed E-state index contributed by atoms with van der Waals surface area (Å²) in [5, 5.41) is 7.64. The average molecular weight is 339 g/mol. The molecule has 24 heavy (non-hydrogen) atoms. The topological polar surface area (TPSA) is 79.8 Å². The molecule has 7 heteroatoms. The second-order valence-electron chi connectivity index (χ2n) is 5.37. The second kappa shape index (κ2) is 6.76. The molecule has 0 aromatic carbocycles. The lowest BCUT2D eigenvalue weighted by Gasteiger charge is -2.09. The van der Waals surface area contributed by atoms with Gasteiger partial charge in [-0.2, -0.15) is 0 Å². The smallest absolute Gasteiger partial charge is 0.277 e. The van der Waals surface area contributed by atoms with Crippen molar-refractivity contribution in [1.29, 1.82) is 0 Å². The third-order valence-corrected chi connectivity index (χ3v) is 4.28. The highest BCUT2D eigenvalue weighted by atomic mass is 32.1. The van der Waals surface area contributed by atoms with Gasteiger partial charge in [0.1, 0.15) is 5.00 Å². The van der Waals surface area contributed by atoms with Gasteiger partial charge in [-0.15, -0.1) is 11.3 Å². The van der Waals surface area contributed by atoms with Crippen LogP contribution in [0.5, 0.6) is 0 Å². The first-order valence-corrected chi connectivity index (χ1v) is 8.23. The minimum Gasteiger partial charge on any atom is -0.344 e. The van der Waals surface area contributed by atoms with E-state index in [4.69, 9.17) is 0 Å². The van der Waals surface area contributed by atoms with Gasteiger partial charge in [0, 0.05) is 23.8 Å². The molecular formula is C17H17N5OS. The van der Waals surface area contributed by atoms with Gasteiger partial charge in [-0.1, -0.05) is 0 Å². The largest absolute Gasteiger partial charge is 0.344 e. The van der Waals surface area contributed by atoms with Crippen LogP contribution in [0.4, 0.5) is 16.4 Å². The van der Waals surface area contributed by atoms with Crippen LogP contribution in [0, 0.1) is 20.8 Å². The highest BCUT2D eigenvalue weighted by Gasteiger charge is 2.18. The van der Waals surface area contributed by atoms with E-state index in [1.165, 1.54) is 11.3 Å². The maximum atomic E-state index is 12.6. The van der Waals surface area contributed by atoms with Gasteiger partial charge in [-0.05, 0) is 44.5 Å². The molecule has 2 N–H and O–H groups in total. The lowest BCUT2D eigenvalue weighted by molar-refractivity contribution is 0.102. The molecule has 0 saturated heterocycles. The Labute approximate surface area is 144 Å². The Bertz CT molecular complexity index is 890. The van der Waals surface area contributed by atoms with Crippen LogP contribution >= 0.6 is 11.3 Å². The van der Waals surface area contributed by atoms with E-state index in [1.54, 1.807) is 24.7 Å². The Kier molecular flexibility index (Phi) is 4.52. The van der Waals surface area contributed by atoms with Gasteiger partial charge in [0.2, 0.25) is 0 Å². The van der Waals surface area contributed by atoms with Crippen molar-refractivity contribution in [3.63, 3.8) is 0 Å². The number of nitrogens with zero attached hydrogens (tertiary/aromatic N) is 3. The van der Waals surface area contributed by atoms with Crippen LogP contribution in [0.2, 0.25) is 0 Å². The highest BCUT2D eigenvalue weighted by Crippen LogP contribution is 2.29. The second-order valence-corrected chi connectivity index (χ2v) is 6.57. The number of thiazole rings is 1. The molecule has 3 heterocycles. The number of anilines is 3. The zero-order valence-corrected chi connectivity index (χ0v) is 14.4. The van der Waals surface area contributed by atoms with Crippen LogP contribution in [0.25, 0.3) is 0 Å². The van der Waals surface area contributed by atoms with Gasteiger partial charge < -0.3 is 10.6 Å². The zero-order valence-electron chi connectivity index (χ0n) is 13.6. The fourth-order valence-corrected chi connectivity index (χ4v) is 3.02. The molecule has 0 bridgehead atoms. The molecule has 0 radical (unpaired) electrons. The Hall–Kier alpha value is -2.80. The standard InChI is InChI=1S/C17H17N5OS/c1-10-4-6-18-9-14(10)22-17-15(20-12(3)24-17)16(23)21-13-5-7-19-11(2)8-13/h4-9,22H,1-3H3,(H,19,21,23). The number of pyridine rings is 2. The van der Waals surface area contributed by atoms with Gasteiger partial charge in [0.15, 0.2) is 5.69 Å². The molecule has 0 atom stereocenters. The molecule has 0 spiro atoms. The van der Waals surface area contributed by atoms with E-state index >= 15 is 0 Å². The Balaban J connectivity index is 1.86. The molecule has 3 aromatic heterocycles. The number of aryl methyl sites for hydroxylation is 3. The van der Waals surface area contributed by atoms with Crippen molar-refractivity contribution >= 4 is 33.6 Å². The first kappa shape index (κ1) is 16.1. The molecule has 0 aliphatic carbocycles. The lowest BCUT2D eigenvalue weighted by atomic mass is 10.2. The van der Waals surface area contributed by atoms with Crippen molar-refractivity contribution in [2.75, 3.05) is 10.6 Å². The summed E-state index contributed by atoms with van der Waals surface area (Å²) in [6.07, 6.45) is 5.13. The third kappa shape index (κ3) is 3.57. The van der Waals surface area contributed by atoms with Crippen LogP contribution < -0.4 is 10.6 Å². The minimum absolute atomic E-state index is 0.256. The van der Waals surface area contributed by atoms with E-state index in [-0.39, 0.29) is 5.91 Å². The molecule has 0 unspecified atom stereocenters. The highest BCUT2D eigenvalue weighted by molar-refractivity contribution is 7.16. The monoisotopic (exact) mass is 339 g/mol. The van der Waals surface area contributed by atoms with E-state index in [0.29, 0.717) is 16.4 Å². The molecule has 6 nitrogen and oxygen atoms in total. The Morgan fingerprint density at radius 1 is 1.17 bits per heavy atom. The van der Waals surface area contributed by atoms with Crippen molar-refractivity contribution in [2.45, 2.75) is 20.8 Å². The summed E-state index contributed by atoms with van der Waals surface area (Å²) in [6.45, 7) is 5.73. The summed E-state index contributed by atoms with van der Waals surface area (Å²) in [7, 11) is 0. The Morgan fingerprint density at radius 3 is 2.75 bits per heavy atom. The molecule has 1 amide bonds. The van der Waals surface area contributed by atoms with Gasteiger partial charge in [-0.3, -0.25) is 14.8 Å². The normalized spacial score (nSPS) is 10.5. The fraction of sp³-hybridized carbons (Fsp3) is 0.176. The van der Waals surface area contributed by atoms with Gasteiger partial charge >= 0.3 is 0 Å². The molecular weight excluding hydrogens is 322 g/mol. The van der Waals surface area contributed by atoms with Crippen molar-refractivity contribution < 1.29 is 4.79 Å². The number of amides is 1. The number of rotatable bonds is 4. The molecule has 0 saturated carbocycles. The summed E-state index contributed by atoms with van der Waals surface area (Å²) in [5.41, 5.74) is 3.81. The molecule has 0 fully saturated rings. The minimum atomic E-state index is -0.256. The van der Waals surface area contributed by atoms with E-state index in [0.717, 1.165) is 22.0 Å². The van der Waals surface area contributed by atoms with Crippen molar-refractivity contribution in [2.24, 2.45) is 0 Å². The molecule has 122 valence electrons. The van der Waals surface area contributed by atoms with Gasteiger partial charge in [-0.25, -0.2) is 4.98 Å². The van der Waals surface area contributed by atoms with E-state index in [1.807, 2.05) is 32.9 Å². The number of aromatic nitrogens is 3. The number of carbonyl (C=O) groups is 1. The van der Waals surface area contributed by atoms with Crippen LogP contribution in [-0.2, 0) is 0 Å². The first-order valence-electron chi connectivity index (χ1n) is 7.42. The SMILES string of the molecule is Cc1cc(NC(=O)c2nc(C)sc2Nc2cnccc2C)ccn1. The number of carbonyl (C=O) groups excluding carboxylic acids is 1. The average Bonchev–Trinajstić information content (AvgIpc) is 2.90. The van der Waals surface area contributed by atoms with Crippen molar-refractivity contribution in [3.8, 4) is 0 Å². The van der Waals surface area contributed by atoms with Crippen LogP contribution in [0.3, 0.4) is 0 Å². The van der Waals surface area contributed by atoms with Gasteiger partial charge in [0.05, 0.1) is 16.9 Å². The predicted molar refractivity (Wildman–Crippen MR) is 96.0 cm³/mol. The number of nitrogens with one attached hydrogen (secondary N) is 2. The zero-order chi connectivity index (χ0) is 17.1. The fourth-order valence-electron chi connectivity index (χ4n) is 2.20. The van der Waals surface area contributed by atoms with Crippen molar-refractivity contribution in [3.05, 3.63) is 58.7 Å². The van der Waals surface area contributed by atoms with Crippen molar-refractivity contribution in [1.82, 2.24) is 15.0 Å². The summed E-state index contributed by atoms with van der Waals surface area (Å²) >= 11 is 1.44. The number of hydrogen-bond donors (Lipinski definition) is 2. The van der Waals surface area contributed by atoms with E-state index in [2.05, 4.69) is 25.6 Å². The summed E-state index contributed by atoms with van der Waals surface area (Å²) in [5.74, 6) is -0.256. The number of hydrogen-bond acceptors (Lipinski definition) is 6. The Morgan fingerprint density at radius 2 is 2.00 bits per heavy atom. The molecule has 3 rings (SSSR count). The lowest BCUT2D eigenvalue weighted by Crippen LogP contribution is -2.14. The van der Waals surface area contributed by atoms with E-state index < -0.39 is 0 Å².